The molecule has 0 aliphatic rings. The average Bonchev–Trinajstić information content (AvgIpc) is 2.93. The zero-order valence-corrected chi connectivity index (χ0v) is 21.3. The molecule has 0 radical (unpaired) electrons. The van der Waals surface area contributed by atoms with Gasteiger partial charge in [0.2, 0.25) is 0 Å². The van der Waals surface area contributed by atoms with E-state index in [1.165, 1.54) is 25.4 Å². The van der Waals surface area contributed by atoms with Crippen LogP contribution in [-0.2, 0) is 27.3 Å². The van der Waals surface area contributed by atoms with E-state index in [0.29, 0.717) is 29.1 Å². The van der Waals surface area contributed by atoms with Crippen molar-refractivity contribution in [3.05, 3.63) is 135 Å². The molecule has 0 fully saturated rings. The molecule has 2 aromatic carbocycles. The maximum Gasteiger partial charge on any atom is 0.333 e. The highest BCUT2D eigenvalue weighted by molar-refractivity contribution is 6.44. The highest BCUT2D eigenvalue weighted by Crippen LogP contribution is 2.19. The maximum atomic E-state index is 12.8. The van der Waals surface area contributed by atoms with Gasteiger partial charge in [0.05, 0.1) is 13.7 Å². The molecule has 9 heteroatoms. The maximum absolute atomic E-state index is 12.8. The van der Waals surface area contributed by atoms with Gasteiger partial charge in [-0.25, -0.2) is 4.79 Å². The number of halogens is 1. The summed E-state index contributed by atoms with van der Waals surface area (Å²) in [5.74, 6) is -1.43. The van der Waals surface area contributed by atoms with Gasteiger partial charge in [-0.2, -0.15) is 0 Å². The Labute approximate surface area is 224 Å². The first-order valence-corrected chi connectivity index (χ1v) is 12.1. The number of rotatable bonds is 9. The van der Waals surface area contributed by atoms with E-state index in [1.54, 1.807) is 47.3 Å². The Hall–Kier alpha value is -4.56. The number of carbonyl (C=O) groups excluding carboxylic acids is 2. The van der Waals surface area contributed by atoms with Crippen LogP contribution in [0.1, 0.15) is 33.9 Å². The SMILES string of the molecule is COC(=O)C(NC(=O)C(=N)c1cccc(Cl)c1)c1cncc(Cc2ccc(Cn3ccccc3=O)cc2)c1. The Bertz CT molecular complexity index is 1530. The van der Waals surface area contributed by atoms with Crippen molar-refractivity contribution in [1.82, 2.24) is 14.9 Å². The highest BCUT2D eigenvalue weighted by atomic mass is 35.5. The van der Waals surface area contributed by atoms with Gasteiger partial charge in [-0.15, -0.1) is 0 Å². The summed E-state index contributed by atoms with van der Waals surface area (Å²) in [6.45, 7) is 0.474. The Balaban J connectivity index is 1.48. The lowest BCUT2D eigenvalue weighted by Gasteiger charge is -2.18. The fourth-order valence-corrected chi connectivity index (χ4v) is 4.11. The molecular formula is C29H25ClN4O4. The van der Waals surface area contributed by atoms with Gasteiger partial charge < -0.3 is 14.6 Å². The Morgan fingerprint density at radius 2 is 1.76 bits per heavy atom. The van der Waals surface area contributed by atoms with Crippen LogP contribution in [0.25, 0.3) is 0 Å². The molecule has 1 amide bonds. The first-order valence-electron chi connectivity index (χ1n) is 11.7. The van der Waals surface area contributed by atoms with Crippen LogP contribution < -0.4 is 10.9 Å². The molecule has 0 spiro atoms. The highest BCUT2D eigenvalue weighted by Gasteiger charge is 2.26. The lowest BCUT2D eigenvalue weighted by atomic mass is 10.0. The summed E-state index contributed by atoms with van der Waals surface area (Å²) >= 11 is 5.98. The number of pyridine rings is 2. The van der Waals surface area contributed by atoms with E-state index in [1.807, 2.05) is 30.3 Å². The Morgan fingerprint density at radius 1 is 1.00 bits per heavy atom. The summed E-state index contributed by atoms with van der Waals surface area (Å²) in [5, 5.41) is 11.2. The molecule has 2 heterocycles. The lowest BCUT2D eigenvalue weighted by Crippen LogP contribution is -2.38. The van der Waals surface area contributed by atoms with Crippen molar-refractivity contribution in [3.8, 4) is 0 Å². The number of hydrogen-bond acceptors (Lipinski definition) is 6. The zero-order chi connectivity index (χ0) is 27.1. The largest absolute Gasteiger partial charge is 0.467 e. The molecule has 4 rings (SSSR count). The van der Waals surface area contributed by atoms with E-state index in [-0.39, 0.29) is 11.3 Å². The molecule has 0 aliphatic heterocycles. The Morgan fingerprint density at radius 3 is 2.47 bits per heavy atom. The molecule has 0 bridgehead atoms. The van der Waals surface area contributed by atoms with Crippen LogP contribution in [-0.4, -0.2) is 34.2 Å². The van der Waals surface area contributed by atoms with E-state index in [0.717, 1.165) is 16.7 Å². The predicted molar refractivity (Wildman–Crippen MR) is 144 cm³/mol. The average molecular weight is 529 g/mol. The van der Waals surface area contributed by atoms with Crippen LogP contribution in [0.15, 0.2) is 96.2 Å². The van der Waals surface area contributed by atoms with Crippen LogP contribution in [0.2, 0.25) is 5.02 Å². The normalized spacial score (nSPS) is 11.4. The van der Waals surface area contributed by atoms with Gasteiger partial charge in [0.25, 0.3) is 11.5 Å². The number of esters is 1. The summed E-state index contributed by atoms with van der Waals surface area (Å²) in [4.78, 5) is 41.6. The van der Waals surface area contributed by atoms with E-state index in [9.17, 15) is 14.4 Å². The molecular weight excluding hydrogens is 504 g/mol. The topological polar surface area (TPSA) is 114 Å². The van der Waals surface area contributed by atoms with Gasteiger partial charge in [-0.05, 0) is 47.4 Å². The van der Waals surface area contributed by atoms with Gasteiger partial charge in [0.1, 0.15) is 5.71 Å². The summed E-state index contributed by atoms with van der Waals surface area (Å²) in [6.07, 6.45) is 5.45. The molecule has 2 aromatic heterocycles. The minimum Gasteiger partial charge on any atom is -0.467 e. The van der Waals surface area contributed by atoms with E-state index >= 15 is 0 Å². The van der Waals surface area contributed by atoms with Crippen molar-refractivity contribution in [1.29, 1.82) is 5.41 Å². The molecule has 0 saturated carbocycles. The fourth-order valence-electron chi connectivity index (χ4n) is 3.92. The summed E-state index contributed by atoms with van der Waals surface area (Å²) < 4.78 is 6.54. The molecule has 38 heavy (non-hydrogen) atoms. The van der Waals surface area contributed by atoms with E-state index in [2.05, 4.69) is 10.3 Å². The monoisotopic (exact) mass is 528 g/mol. The number of benzene rings is 2. The van der Waals surface area contributed by atoms with Crippen molar-refractivity contribution in [2.45, 2.75) is 19.0 Å². The van der Waals surface area contributed by atoms with Crippen LogP contribution in [0.3, 0.4) is 0 Å². The number of carbonyl (C=O) groups is 2. The van der Waals surface area contributed by atoms with Crippen molar-refractivity contribution >= 4 is 29.2 Å². The third kappa shape index (κ3) is 6.60. The lowest BCUT2D eigenvalue weighted by molar-refractivity contribution is -0.144. The van der Waals surface area contributed by atoms with E-state index in [4.69, 9.17) is 21.7 Å². The first kappa shape index (κ1) is 26.5. The zero-order valence-electron chi connectivity index (χ0n) is 20.6. The van der Waals surface area contributed by atoms with Crippen molar-refractivity contribution in [3.63, 3.8) is 0 Å². The third-order valence-electron chi connectivity index (χ3n) is 5.89. The molecule has 2 N–H and O–H groups in total. The van der Waals surface area contributed by atoms with Crippen molar-refractivity contribution in [2.75, 3.05) is 7.11 Å². The number of nitrogens with zero attached hydrogens (tertiary/aromatic N) is 2. The molecule has 0 aliphatic carbocycles. The first-order chi connectivity index (χ1) is 18.3. The second kappa shape index (κ2) is 12.1. The van der Waals surface area contributed by atoms with Crippen LogP contribution >= 0.6 is 11.6 Å². The van der Waals surface area contributed by atoms with Crippen molar-refractivity contribution in [2.24, 2.45) is 0 Å². The number of hydrogen-bond donors (Lipinski definition) is 2. The summed E-state index contributed by atoms with van der Waals surface area (Å²) in [6, 6.07) is 19.9. The van der Waals surface area contributed by atoms with Crippen LogP contribution in [0.5, 0.6) is 0 Å². The number of ether oxygens (including phenoxy) is 1. The summed E-state index contributed by atoms with van der Waals surface area (Å²) in [5.41, 5.74) is 3.19. The Kier molecular flexibility index (Phi) is 8.45. The van der Waals surface area contributed by atoms with Gasteiger partial charge in [0, 0.05) is 40.8 Å². The quantitative estimate of drug-likeness (QED) is 0.252. The predicted octanol–water partition coefficient (Wildman–Crippen LogP) is 3.93. The number of aromatic nitrogens is 2. The molecule has 4 aromatic rings. The van der Waals surface area contributed by atoms with Crippen LogP contribution in [0, 0.1) is 5.41 Å². The fraction of sp³-hybridized carbons (Fsp3) is 0.138. The smallest absolute Gasteiger partial charge is 0.333 e. The number of methoxy groups -OCH3 is 1. The van der Waals surface area contributed by atoms with Gasteiger partial charge >= 0.3 is 5.97 Å². The standard InChI is InChI=1S/C29H25ClN4O4/c1-38-29(37)27(33-28(36)26(31)22-5-4-6-24(30)15-22)23-14-21(16-32-17-23)13-19-8-10-20(11-9-19)18-34-12-3-2-7-25(34)35/h2-12,14-17,27,31H,13,18H2,1H3,(H,33,36). The number of nitrogens with one attached hydrogen (secondary N) is 2. The second-order valence-electron chi connectivity index (χ2n) is 8.60. The minimum atomic E-state index is -1.15. The molecule has 8 nitrogen and oxygen atoms in total. The van der Waals surface area contributed by atoms with Crippen molar-refractivity contribution < 1.29 is 14.3 Å². The summed E-state index contributed by atoms with van der Waals surface area (Å²) in [7, 11) is 1.23. The molecule has 0 saturated heterocycles. The third-order valence-corrected chi connectivity index (χ3v) is 6.12. The molecule has 1 unspecified atom stereocenters. The van der Waals surface area contributed by atoms with Gasteiger partial charge in [-0.3, -0.25) is 20.0 Å². The van der Waals surface area contributed by atoms with E-state index < -0.39 is 17.9 Å². The molecule has 192 valence electrons. The number of amides is 1. The van der Waals surface area contributed by atoms with Gasteiger partial charge in [-0.1, -0.05) is 54.1 Å². The van der Waals surface area contributed by atoms with Gasteiger partial charge in [0.15, 0.2) is 6.04 Å². The van der Waals surface area contributed by atoms with Crippen LogP contribution in [0.4, 0.5) is 0 Å². The minimum absolute atomic E-state index is 0.0607. The second-order valence-corrected chi connectivity index (χ2v) is 9.04. The molecule has 1 atom stereocenters.